The maximum atomic E-state index is 11.6. The molecule has 0 radical (unpaired) electrons. The lowest BCUT2D eigenvalue weighted by molar-refractivity contribution is 0.533. The molecule has 1 heterocycles. The maximum absolute atomic E-state index is 11.6. The highest BCUT2D eigenvalue weighted by Crippen LogP contribution is 2.45. The van der Waals surface area contributed by atoms with E-state index in [1.807, 2.05) is 31.2 Å². The van der Waals surface area contributed by atoms with Gasteiger partial charge in [0, 0.05) is 16.4 Å². The van der Waals surface area contributed by atoms with Gasteiger partial charge in [0.15, 0.2) is 0 Å². The fraction of sp³-hybridized carbons (Fsp3) is 0.273. The van der Waals surface area contributed by atoms with Crippen molar-refractivity contribution < 1.29 is 8.42 Å². The van der Waals surface area contributed by atoms with Crippen LogP contribution in [-0.4, -0.2) is 19.3 Å². The van der Waals surface area contributed by atoms with Crippen molar-refractivity contribution in [2.24, 2.45) is 0 Å². The number of hydrogen-bond acceptors (Lipinski definition) is 2. The van der Waals surface area contributed by atoms with Crippen LogP contribution in [0.2, 0.25) is 0 Å². The van der Waals surface area contributed by atoms with Crippen LogP contribution >= 0.6 is 15.9 Å². The van der Waals surface area contributed by atoms with Gasteiger partial charge in [0.05, 0.1) is 5.54 Å². The lowest BCUT2D eigenvalue weighted by Gasteiger charge is -2.11. The first-order valence-electron chi connectivity index (χ1n) is 4.81. The van der Waals surface area contributed by atoms with Crippen LogP contribution in [0.4, 0.5) is 0 Å². The summed E-state index contributed by atoms with van der Waals surface area (Å²) in [5.41, 5.74) is 0.573. The van der Waals surface area contributed by atoms with Crippen LogP contribution in [0.25, 0.3) is 0 Å². The fourth-order valence-electron chi connectivity index (χ4n) is 1.76. The number of rotatable bonds is 3. The quantitative estimate of drug-likeness (QED) is 0.804. The third-order valence-electron chi connectivity index (χ3n) is 2.86. The second kappa shape index (κ2) is 3.68. The Kier molecular flexibility index (Phi) is 2.72. The van der Waals surface area contributed by atoms with Gasteiger partial charge in [0.2, 0.25) is 10.0 Å². The molecule has 2 atom stereocenters. The molecule has 0 amide bonds. The van der Waals surface area contributed by atoms with Gasteiger partial charge in [-0.25, -0.2) is 8.42 Å². The van der Waals surface area contributed by atoms with Gasteiger partial charge in [-0.05, 0) is 24.6 Å². The Morgan fingerprint density at radius 3 is 2.81 bits per heavy atom. The van der Waals surface area contributed by atoms with E-state index in [4.69, 9.17) is 0 Å². The number of hydrogen-bond donors (Lipinski definition) is 0. The molecule has 16 heavy (non-hydrogen) atoms. The van der Waals surface area contributed by atoms with Crippen LogP contribution < -0.4 is 0 Å². The molecule has 3 nitrogen and oxygen atoms in total. The predicted octanol–water partition coefficient (Wildman–Crippen LogP) is 2.45. The molecule has 1 aromatic rings. The Balaban J connectivity index is 2.35. The molecule has 0 N–H and O–H groups in total. The Morgan fingerprint density at radius 1 is 1.56 bits per heavy atom. The fourth-order valence-corrected chi connectivity index (χ4v) is 3.44. The molecule has 1 saturated heterocycles. The third kappa shape index (κ3) is 1.83. The molecule has 1 fully saturated rings. The molecule has 2 unspecified atom stereocenters. The van der Waals surface area contributed by atoms with Crippen molar-refractivity contribution in [3.05, 3.63) is 46.3 Å². The average molecular weight is 302 g/mol. The molecule has 0 aliphatic carbocycles. The highest BCUT2D eigenvalue weighted by molar-refractivity contribution is 9.10. The van der Waals surface area contributed by atoms with Gasteiger partial charge < -0.3 is 0 Å². The summed E-state index contributed by atoms with van der Waals surface area (Å²) >= 11 is 3.38. The van der Waals surface area contributed by atoms with E-state index in [-0.39, 0.29) is 0 Å². The Hall–Kier alpha value is -0.650. The smallest absolute Gasteiger partial charge is 0.207 e. The highest BCUT2D eigenvalue weighted by atomic mass is 79.9. The van der Waals surface area contributed by atoms with Gasteiger partial charge in [0.1, 0.15) is 0 Å². The van der Waals surface area contributed by atoms with Crippen molar-refractivity contribution in [1.29, 1.82) is 0 Å². The summed E-state index contributed by atoms with van der Waals surface area (Å²) in [6, 6.07) is 7.70. The van der Waals surface area contributed by atoms with Crippen LogP contribution in [0.5, 0.6) is 0 Å². The molecule has 1 aromatic carbocycles. The van der Waals surface area contributed by atoms with Crippen molar-refractivity contribution >= 4 is 26.0 Å². The van der Waals surface area contributed by atoms with E-state index in [0.29, 0.717) is 6.54 Å². The number of nitrogens with zero attached hydrogens (tertiary/aromatic N) is 1. The molecule has 1 aliphatic rings. The highest BCUT2D eigenvalue weighted by Gasteiger charge is 2.55. The molecule has 2 rings (SSSR count). The van der Waals surface area contributed by atoms with Crippen molar-refractivity contribution in [2.75, 3.05) is 6.54 Å². The van der Waals surface area contributed by atoms with Crippen molar-refractivity contribution in [3.63, 3.8) is 0 Å². The van der Waals surface area contributed by atoms with E-state index in [1.54, 1.807) is 0 Å². The number of halogens is 1. The molecule has 0 bridgehead atoms. The van der Waals surface area contributed by atoms with Gasteiger partial charge in [-0.3, -0.25) is 0 Å². The first kappa shape index (κ1) is 11.8. The van der Waals surface area contributed by atoms with E-state index in [2.05, 4.69) is 22.5 Å². The lowest BCUT2D eigenvalue weighted by Crippen LogP contribution is -2.17. The summed E-state index contributed by atoms with van der Waals surface area (Å²) in [6.45, 7) is 5.76. The molecular formula is C11H12BrNO2S. The Bertz CT molecular complexity index is 541. The minimum Gasteiger partial charge on any atom is -0.207 e. The van der Waals surface area contributed by atoms with Crippen molar-refractivity contribution in [1.82, 2.24) is 4.31 Å². The zero-order valence-electron chi connectivity index (χ0n) is 8.85. The Morgan fingerprint density at radius 2 is 2.25 bits per heavy atom. The molecule has 0 aromatic heterocycles. The Labute approximate surface area is 104 Å². The summed E-state index contributed by atoms with van der Waals surface area (Å²) in [4.78, 5) is 0. The van der Waals surface area contributed by atoms with Gasteiger partial charge in [0.25, 0.3) is 0 Å². The molecule has 5 heteroatoms. The van der Waals surface area contributed by atoms with Crippen LogP contribution in [0.1, 0.15) is 12.5 Å². The second-order valence-electron chi connectivity index (χ2n) is 4.00. The minimum atomic E-state index is -3.31. The molecule has 0 saturated carbocycles. The summed E-state index contributed by atoms with van der Waals surface area (Å²) in [5, 5.41) is 0.996. The summed E-state index contributed by atoms with van der Waals surface area (Å²) < 4.78 is 25.7. The van der Waals surface area contributed by atoms with Crippen LogP contribution in [0.15, 0.2) is 40.7 Å². The van der Waals surface area contributed by atoms with E-state index in [9.17, 15) is 8.42 Å². The summed E-state index contributed by atoms with van der Waals surface area (Å²) in [6.07, 6.45) is 0. The van der Waals surface area contributed by atoms with Crippen molar-refractivity contribution in [3.8, 4) is 0 Å². The lowest BCUT2D eigenvalue weighted by atomic mass is 10.0. The van der Waals surface area contributed by atoms with Gasteiger partial charge in [-0.1, -0.05) is 34.6 Å². The van der Waals surface area contributed by atoms with E-state index in [0.717, 1.165) is 15.4 Å². The van der Waals surface area contributed by atoms with E-state index in [1.165, 1.54) is 4.31 Å². The van der Waals surface area contributed by atoms with Crippen LogP contribution in [0.3, 0.4) is 0 Å². The van der Waals surface area contributed by atoms with Gasteiger partial charge in [-0.15, -0.1) is 0 Å². The first-order chi connectivity index (χ1) is 7.40. The molecule has 86 valence electrons. The largest absolute Gasteiger partial charge is 0.236 e. The summed E-state index contributed by atoms with van der Waals surface area (Å²) in [5.74, 6) is 0. The first-order valence-corrected chi connectivity index (χ1v) is 7.11. The van der Waals surface area contributed by atoms with Crippen molar-refractivity contribution in [2.45, 2.75) is 12.5 Å². The average Bonchev–Trinajstić information content (AvgIpc) is 2.93. The number of benzene rings is 1. The standard InChI is InChI=1S/C11H12BrNO2S/c1-3-16(14,15)13-8-11(13,2)9-5-4-6-10(12)7-9/h3-7H,1,8H2,2H3. The predicted molar refractivity (Wildman–Crippen MR) is 67.3 cm³/mol. The zero-order valence-corrected chi connectivity index (χ0v) is 11.3. The van der Waals surface area contributed by atoms with Crippen LogP contribution in [-0.2, 0) is 15.6 Å². The second-order valence-corrected chi connectivity index (χ2v) is 6.72. The number of sulfonamides is 1. The third-order valence-corrected chi connectivity index (χ3v) is 4.92. The topological polar surface area (TPSA) is 37.1 Å². The van der Waals surface area contributed by atoms with Gasteiger partial charge in [-0.2, -0.15) is 4.31 Å². The van der Waals surface area contributed by atoms with Gasteiger partial charge >= 0.3 is 0 Å². The summed E-state index contributed by atoms with van der Waals surface area (Å²) in [7, 11) is -3.31. The van der Waals surface area contributed by atoms with E-state index >= 15 is 0 Å². The molecule has 0 spiro atoms. The normalized spacial score (nSPS) is 28.8. The van der Waals surface area contributed by atoms with Crippen LogP contribution in [0, 0.1) is 0 Å². The zero-order chi connectivity index (χ0) is 12.0. The maximum Gasteiger partial charge on any atom is 0.236 e. The SMILES string of the molecule is C=CS(=O)(=O)N1CC1(C)c1cccc(Br)c1. The molecule has 1 aliphatic heterocycles. The molecular weight excluding hydrogens is 290 g/mol. The monoisotopic (exact) mass is 301 g/mol. The van der Waals surface area contributed by atoms with E-state index < -0.39 is 15.6 Å². The minimum absolute atomic E-state index is 0.420.